The highest BCUT2D eigenvalue weighted by molar-refractivity contribution is 5.85. The molecular formula is C14H23ClFN3O. The smallest absolute Gasteiger partial charge is 0.250 e. The van der Waals surface area contributed by atoms with Crippen molar-refractivity contribution < 1.29 is 9.13 Å². The van der Waals surface area contributed by atoms with Gasteiger partial charge in [0.15, 0.2) is 5.82 Å². The van der Waals surface area contributed by atoms with E-state index in [1.54, 1.807) is 12.3 Å². The summed E-state index contributed by atoms with van der Waals surface area (Å²) in [6.45, 7) is 6.79. The van der Waals surface area contributed by atoms with Gasteiger partial charge in [-0.3, -0.25) is 0 Å². The Balaban J connectivity index is 0.00000200. The average molecular weight is 304 g/mol. The third-order valence-corrected chi connectivity index (χ3v) is 3.17. The van der Waals surface area contributed by atoms with Gasteiger partial charge in [0, 0.05) is 31.4 Å². The van der Waals surface area contributed by atoms with Crippen LogP contribution in [0.15, 0.2) is 18.3 Å². The fraction of sp³-hybridized carbons (Fsp3) is 0.643. The molecule has 0 aromatic carbocycles. The van der Waals surface area contributed by atoms with Gasteiger partial charge in [-0.25, -0.2) is 9.37 Å². The van der Waals surface area contributed by atoms with E-state index in [-0.39, 0.29) is 29.9 Å². The third kappa shape index (κ3) is 5.23. The monoisotopic (exact) mass is 303 g/mol. The SMILES string of the molecule is CC(C)(N)CN1CCC(Oc2ncccc2F)CC1.Cl. The van der Waals surface area contributed by atoms with Crippen molar-refractivity contribution in [3.8, 4) is 5.88 Å². The number of likely N-dealkylation sites (tertiary alicyclic amines) is 1. The number of halogens is 2. The van der Waals surface area contributed by atoms with Gasteiger partial charge in [-0.2, -0.15) is 0 Å². The van der Waals surface area contributed by atoms with Crippen molar-refractivity contribution in [2.75, 3.05) is 19.6 Å². The second kappa shape index (κ2) is 7.20. The molecule has 2 heterocycles. The summed E-state index contributed by atoms with van der Waals surface area (Å²) in [6, 6.07) is 2.93. The highest BCUT2D eigenvalue weighted by Gasteiger charge is 2.24. The maximum Gasteiger partial charge on any atom is 0.250 e. The Morgan fingerprint density at radius 2 is 2.10 bits per heavy atom. The van der Waals surface area contributed by atoms with E-state index in [2.05, 4.69) is 9.88 Å². The summed E-state index contributed by atoms with van der Waals surface area (Å²) in [5.74, 6) is -0.284. The summed E-state index contributed by atoms with van der Waals surface area (Å²) in [6.07, 6.45) is 3.35. The number of ether oxygens (including phenoxy) is 1. The minimum absolute atomic E-state index is 0. The van der Waals surface area contributed by atoms with Crippen molar-refractivity contribution in [2.24, 2.45) is 5.73 Å². The molecule has 0 aliphatic carbocycles. The van der Waals surface area contributed by atoms with Crippen LogP contribution in [0.4, 0.5) is 4.39 Å². The molecule has 20 heavy (non-hydrogen) atoms. The van der Waals surface area contributed by atoms with Crippen LogP contribution in [0.3, 0.4) is 0 Å². The van der Waals surface area contributed by atoms with Gasteiger partial charge >= 0.3 is 0 Å². The lowest BCUT2D eigenvalue weighted by Crippen LogP contribution is -2.49. The van der Waals surface area contributed by atoms with E-state index in [4.69, 9.17) is 10.5 Å². The van der Waals surface area contributed by atoms with Crippen molar-refractivity contribution >= 4 is 12.4 Å². The number of hydrogen-bond acceptors (Lipinski definition) is 4. The molecule has 0 unspecified atom stereocenters. The van der Waals surface area contributed by atoms with Crippen molar-refractivity contribution in [2.45, 2.75) is 38.3 Å². The lowest BCUT2D eigenvalue weighted by atomic mass is 10.0. The summed E-state index contributed by atoms with van der Waals surface area (Å²) in [4.78, 5) is 6.25. The lowest BCUT2D eigenvalue weighted by molar-refractivity contribution is 0.0839. The maximum absolute atomic E-state index is 13.4. The zero-order valence-electron chi connectivity index (χ0n) is 12.0. The van der Waals surface area contributed by atoms with E-state index in [9.17, 15) is 4.39 Å². The summed E-state index contributed by atoms with van der Waals surface area (Å²) in [5.41, 5.74) is 5.83. The van der Waals surface area contributed by atoms with E-state index in [1.165, 1.54) is 6.07 Å². The average Bonchev–Trinajstić information content (AvgIpc) is 2.33. The van der Waals surface area contributed by atoms with Crippen LogP contribution in [0.2, 0.25) is 0 Å². The Morgan fingerprint density at radius 1 is 1.45 bits per heavy atom. The second-order valence-corrected chi connectivity index (χ2v) is 5.87. The Labute approximate surface area is 125 Å². The van der Waals surface area contributed by atoms with Gasteiger partial charge in [-0.1, -0.05) is 0 Å². The predicted octanol–water partition coefficient (Wildman–Crippen LogP) is 2.22. The first-order valence-electron chi connectivity index (χ1n) is 6.72. The fourth-order valence-electron chi connectivity index (χ4n) is 2.38. The third-order valence-electron chi connectivity index (χ3n) is 3.17. The van der Waals surface area contributed by atoms with Crippen LogP contribution >= 0.6 is 12.4 Å². The molecule has 0 bridgehead atoms. The highest BCUT2D eigenvalue weighted by Crippen LogP contribution is 2.20. The van der Waals surface area contributed by atoms with Crippen LogP contribution in [0.5, 0.6) is 5.88 Å². The molecule has 2 rings (SSSR count). The normalized spacial score (nSPS) is 17.6. The van der Waals surface area contributed by atoms with Crippen LogP contribution in [-0.2, 0) is 0 Å². The number of nitrogens with zero attached hydrogens (tertiary/aromatic N) is 2. The molecule has 1 aromatic rings. The molecule has 1 aliphatic rings. The number of piperidine rings is 1. The van der Waals surface area contributed by atoms with Crippen molar-refractivity contribution in [3.05, 3.63) is 24.1 Å². The molecule has 0 saturated carbocycles. The second-order valence-electron chi connectivity index (χ2n) is 5.87. The van der Waals surface area contributed by atoms with Gasteiger partial charge in [-0.15, -0.1) is 12.4 Å². The minimum Gasteiger partial charge on any atom is -0.472 e. The van der Waals surface area contributed by atoms with Crippen molar-refractivity contribution in [1.82, 2.24) is 9.88 Å². The zero-order valence-corrected chi connectivity index (χ0v) is 12.8. The Hall–Kier alpha value is -0.910. The van der Waals surface area contributed by atoms with Gasteiger partial charge in [-0.05, 0) is 38.8 Å². The topological polar surface area (TPSA) is 51.4 Å². The zero-order chi connectivity index (χ0) is 13.9. The number of rotatable bonds is 4. The van der Waals surface area contributed by atoms with E-state index < -0.39 is 5.82 Å². The first-order valence-corrected chi connectivity index (χ1v) is 6.72. The highest BCUT2D eigenvalue weighted by atomic mass is 35.5. The Kier molecular flexibility index (Phi) is 6.17. The number of aromatic nitrogens is 1. The lowest BCUT2D eigenvalue weighted by Gasteiger charge is -2.35. The van der Waals surface area contributed by atoms with Crippen LogP contribution in [0, 0.1) is 5.82 Å². The number of pyridine rings is 1. The molecular weight excluding hydrogens is 281 g/mol. The summed E-state index contributed by atoms with van der Waals surface area (Å²) >= 11 is 0. The van der Waals surface area contributed by atoms with E-state index in [0.717, 1.165) is 32.5 Å². The van der Waals surface area contributed by atoms with Gasteiger partial charge in [0.05, 0.1) is 0 Å². The van der Waals surface area contributed by atoms with E-state index in [1.807, 2.05) is 13.8 Å². The Bertz CT molecular complexity index is 417. The molecule has 114 valence electrons. The van der Waals surface area contributed by atoms with Crippen LogP contribution in [-0.4, -0.2) is 41.2 Å². The van der Waals surface area contributed by atoms with Crippen LogP contribution in [0.25, 0.3) is 0 Å². The molecule has 0 radical (unpaired) electrons. The molecule has 0 spiro atoms. The maximum atomic E-state index is 13.4. The molecule has 1 aliphatic heterocycles. The van der Waals surface area contributed by atoms with Gasteiger partial charge in [0.1, 0.15) is 6.10 Å². The summed E-state index contributed by atoms with van der Waals surface area (Å²) in [5, 5.41) is 0. The van der Waals surface area contributed by atoms with E-state index >= 15 is 0 Å². The predicted molar refractivity (Wildman–Crippen MR) is 79.8 cm³/mol. The quantitative estimate of drug-likeness (QED) is 0.927. The summed E-state index contributed by atoms with van der Waals surface area (Å²) < 4.78 is 19.0. The standard InChI is InChI=1S/C14H22FN3O.ClH/c1-14(2,16)10-18-8-5-11(6-9-18)19-13-12(15)4-3-7-17-13;/h3-4,7,11H,5-6,8-10,16H2,1-2H3;1H. The van der Waals surface area contributed by atoms with Crippen LogP contribution in [0.1, 0.15) is 26.7 Å². The van der Waals surface area contributed by atoms with Gasteiger partial charge in [0.2, 0.25) is 0 Å². The molecule has 1 saturated heterocycles. The number of hydrogen-bond donors (Lipinski definition) is 1. The first-order chi connectivity index (χ1) is 8.94. The molecule has 0 amide bonds. The molecule has 6 heteroatoms. The first kappa shape index (κ1) is 17.1. The molecule has 1 fully saturated rings. The van der Waals surface area contributed by atoms with E-state index in [0.29, 0.717) is 0 Å². The van der Waals surface area contributed by atoms with Gasteiger partial charge < -0.3 is 15.4 Å². The van der Waals surface area contributed by atoms with Crippen molar-refractivity contribution in [3.63, 3.8) is 0 Å². The minimum atomic E-state index is -0.395. The van der Waals surface area contributed by atoms with Crippen LogP contribution < -0.4 is 10.5 Å². The molecule has 2 N–H and O–H groups in total. The molecule has 0 atom stereocenters. The largest absolute Gasteiger partial charge is 0.472 e. The molecule has 1 aromatic heterocycles. The van der Waals surface area contributed by atoms with Crippen molar-refractivity contribution in [1.29, 1.82) is 0 Å². The number of nitrogens with two attached hydrogens (primary N) is 1. The fourth-order valence-corrected chi connectivity index (χ4v) is 2.38. The molecule has 4 nitrogen and oxygen atoms in total. The summed E-state index contributed by atoms with van der Waals surface area (Å²) in [7, 11) is 0. The Morgan fingerprint density at radius 3 is 2.65 bits per heavy atom. The van der Waals surface area contributed by atoms with Gasteiger partial charge in [0.25, 0.3) is 5.88 Å².